The van der Waals surface area contributed by atoms with E-state index in [4.69, 9.17) is 4.74 Å². The lowest BCUT2D eigenvalue weighted by Crippen LogP contribution is -2.41. The highest BCUT2D eigenvalue weighted by Gasteiger charge is 2.28. The highest BCUT2D eigenvalue weighted by atomic mass is 32.2. The van der Waals surface area contributed by atoms with Gasteiger partial charge >= 0.3 is 0 Å². The van der Waals surface area contributed by atoms with Crippen molar-refractivity contribution in [3.05, 3.63) is 89.5 Å². The molecule has 7 heteroatoms. The van der Waals surface area contributed by atoms with E-state index in [1.54, 1.807) is 36.4 Å². The summed E-state index contributed by atoms with van der Waals surface area (Å²) in [4.78, 5) is 13.0. The maximum atomic E-state index is 13.5. The monoisotopic (exact) mass is 494 g/mol. The second kappa shape index (κ2) is 11.9. The molecule has 0 aliphatic rings. The van der Waals surface area contributed by atoms with Crippen LogP contribution < -0.4 is 14.4 Å². The van der Waals surface area contributed by atoms with E-state index in [0.29, 0.717) is 12.2 Å². The number of hydrogen-bond donors (Lipinski definition) is 1. The normalized spacial score (nSPS) is 11.3. The summed E-state index contributed by atoms with van der Waals surface area (Å²) in [6.07, 6.45) is 1.61. The molecule has 0 saturated carbocycles. The van der Waals surface area contributed by atoms with Crippen LogP contribution in [-0.2, 0) is 21.2 Å². The summed E-state index contributed by atoms with van der Waals surface area (Å²) >= 11 is 0. The summed E-state index contributed by atoms with van der Waals surface area (Å²) < 4.78 is 33.9. The van der Waals surface area contributed by atoms with Crippen molar-refractivity contribution in [2.45, 2.75) is 51.5 Å². The number of anilines is 1. The second-order valence-electron chi connectivity index (χ2n) is 8.88. The average Bonchev–Trinajstić information content (AvgIpc) is 2.81. The third-order valence-electron chi connectivity index (χ3n) is 5.47. The molecule has 3 aromatic carbocycles. The Hall–Kier alpha value is -3.32. The molecule has 3 aromatic rings. The third-order valence-corrected chi connectivity index (χ3v) is 7.25. The van der Waals surface area contributed by atoms with Gasteiger partial charge in [0.1, 0.15) is 12.3 Å². The molecular formula is C28H34N2O4S. The number of amides is 1. The fourth-order valence-electron chi connectivity index (χ4n) is 3.86. The van der Waals surface area contributed by atoms with Crippen LogP contribution in [0.4, 0.5) is 5.69 Å². The molecule has 0 spiro atoms. The molecule has 1 N–H and O–H groups in total. The van der Waals surface area contributed by atoms with Crippen molar-refractivity contribution in [3.8, 4) is 5.75 Å². The molecule has 0 saturated heterocycles. The number of rotatable bonds is 11. The van der Waals surface area contributed by atoms with E-state index in [9.17, 15) is 13.2 Å². The quantitative estimate of drug-likeness (QED) is 0.379. The van der Waals surface area contributed by atoms with Gasteiger partial charge in [-0.1, -0.05) is 48.0 Å². The fraction of sp³-hybridized carbons (Fsp3) is 0.321. The fourth-order valence-corrected chi connectivity index (χ4v) is 5.36. The minimum Gasteiger partial charge on any atom is -0.491 e. The zero-order chi connectivity index (χ0) is 25.4. The van der Waals surface area contributed by atoms with Crippen molar-refractivity contribution >= 4 is 21.6 Å². The molecule has 0 radical (unpaired) electrons. The number of hydrogen-bond acceptors (Lipinski definition) is 4. The lowest BCUT2D eigenvalue weighted by Gasteiger charge is -2.26. The summed E-state index contributed by atoms with van der Waals surface area (Å²) in [5.74, 6) is 0.484. The van der Waals surface area contributed by atoms with Gasteiger partial charge in [0.05, 0.1) is 16.7 Å². The van der Waals surface area contributed by atoms with Crippen LogP contribution >= 0.6 is 0 Å². The average molecular weight is 495 g/mol. The molecule has 3 rings (SSSR count). The molecule has 186 valence electrons. The highest BCUT2D eigenvalue weighted by Crippen LogP contribution is 2.27. The first-order chi connectivity index (χ1) is 16.7. The SMILES string of the molecule is Cc1ccc(N(CC(=O)NCCCc2cccc(OC(C)C)c2)S(=O)(=O)c2ccccc2)c(C)c1. The maximum Gasteiger partial charge on any atom is 0.264 e. The molecule has 0 bridgehead atoms. The van der Waals surface area contributed by atoms with Crippen LogP contribution in [0.25, 0.3) is 0 Å². The van der Waals surface area contributed by atoms with Crippen molar-refractivity contribution < 1.29 is 17.9 Å². The van der Waals surface area contributed by atoms with Gasteiger partial charge in [0.25, 0.3) is 10.0 Å². The van der Waals surface area contributed by atoms with Gasteiger partial charge in [-0.3, -0.25) is 9.10 Å². The first-order valence-corrected chi connectivity index (χ1v) is 13.3. The van der Waals surface area contributed by atoms with E-state index in [-0.39, 0.29) is 23.5 Å². The zero-order valence-electron chi connectivity index (χ0n) is 20.8. The Morgan fingerprint density at radius 2 is 1.71 bits per heavy atom. The number of benzene rings is 3. The summed E-state index contributed by atoms with van der Waals surface area (Å²) in [7, 11) is -3.91. The zero-order valence-corrected chi connectivity index (χ0v) is 21.6. The van der Waals surface area contributed by atoms with Crippen LogP contribution in [0.1, 0.15) is 37.0 Å². The van der Waals surface area contributed by atoms with Gasteiger partial charge in [0.2, 0.25) is 5.91 Å². The van der Waals surface area contributed by atoms with Crippen LogP contribution in [0.3, 0.4) is 0 Å². The van der Waals surface area contributed by atoms with E-state index in [0.717, 1.165) is 35.3 Å². The van der Waals surface area contributed by atoms with Crippen LogP contribution in [0, 0.1) is 13.8 Å². The number of aryl methyl sites for hydroxylation is 3. The first kappa shape index (κ1) is 26.3. The largest absolute Gasteiger partial charge is 0.491 e. The third kappa shape index (κ3) is 7.33. The molecule has 6 nitrogen and oxygen atoms in total. The topological polar surface area (TPSA) is 75.7 Å². The van der Waals surface area contributed by atoms with Crippen molar-refractivity contribution in [3.63, 3.8) is 0 Å². The second-order valence-corrected chi connectivity index (χ2v) is 10.7. The highest BCUT2D eigenvalue weighted by molar-refractivity contribution is 7.92. The summed E-state index contributed by atoms with van der Waals surface area (Å²) in [6.45, 7) is 7.93. The van der Waals surface area contributed by atoms with E-state index in [1.807, 2.05) is 64.1 Å². The Balaban J connectivity index is 1.67. The number of nitrogens with zero attached hydrogens (tertiary/aromatic N) is 1. The van der Waals surface area contributed by atoms with Gasteiger partial charge in [-0.05, 0) is 82.0 Å². The van der Waals surface area contributed by atoms with Gasteiger partial charge in [-0.25, -0.2) is 8.42 Å². The van der Waals surface area contributed by atoms with Crippen LogP contribution in [0.15, 0.2) is 77.7 Å². The summed E-state index contributed by atoms with van der Waals surface area (Å²) in [6, 6.07) is 21.6. The smallest absolute Gasteiger partial charge is 0.264 e. The van der Waals surface area contributed by atoms with Crippen molar-refractivity contribution in [1.82, 2.24) is 5.32 Å². The minimum atomic E-state index is -3.91. The Morgan fingerprint density at radius 1 is 0.971 bits per heavy atom. The predicted octanol–water partition coefficient (Wildman–Crippen LogP) is 5.03. The lowest BCUT2D eigenvalue weighted by atomic mass is 10.1. The number of ether oxygens (including phenoxy) is 1. The molecule has 35 heavy (non-hydrogen) atoms. The Kier molecular flexibility index (Phi) is 8.93. The van der Waals surface area contributed by atoms with Gasteiger partial charge in [0.15, 0.2) is 0 Å². The first-order valence-electron chi connectivity index (χ1n) is 11.8. The Bertz CT molecular complexity index is 1240. The Morgan fingerprint density at radius 3 is 2.40 bits per heavy atom. The van der Waals surface area contributed by atoms with Gasteiger partial charge < -0.3 is 10.1 Å². The standard InChI is InChI=1S/C28H34N2O4S/c1-21(2)34-25-12-8-10-24(19-25)11-9-17-29-28(31)20-30(27-16-15-22(3)18-23(27)4)35(32,33)26-13-6-5-7-14-26/h5-8,10,12-16,18-19,21H,9,11,17,20H2,1-4H3,(H,29,31). The van der Waals surface area contributed by atoms with Crippen LogP contribution in [-0.4, -0.2) is 33.5 Å². The molecule has 0 aliphatic carbocycles. The molecule has 0 aromatic heterocycles. The molecule has 0 fully saturated rings. The van der Waals surface area contributed by atoms with Gasteiger partial charge in [-0.15, -0.1) is 0 Å². The summed E-state index contributed by atoms with van der Waals surface area (Å²) in [5, 5.41) is 2.88. The van der Waals surface area contributed by atoms with Crippen LogP contribution in [0.2, 0.25) is 0 Å². The van der Waals surface area contributed by atoms with Crippen molar-refractivity contribution in [2.75, 3.05) is 17.4 Å². The van der Waals surface area contributed by atoms with Crippen molar-refractivity contribution in [1.29, 1.82) is 0 Å². The van der Waals surface area contributed by atoms with E-state index < -0.39 is 10.0 Å². The predicted molar refractivity (Wildman–Crippen MR) is 140 cm³/mol. The number of carbonyl (C=O) groups excluding carboxylic acids is 1. The molecule has 0 unspecified atom stereocenters. The molecule has 1 amide bonds. The van der Waals surface area contributed by atoms with Gasteiger partial charge in [-0.2, -0.15) is 0 Å². The van der Waals surface area contributed by atoms with E-state index in [1.165, 1.54) is 4.31 Å². The number of carbonyl (C=O) groups is 1. The number of nitrogens with one attached hydrogen (secondary N) is 1. The van der Waals surface area contributed by atoms with E-state index in [2.05, 4.69) is 5.32 Å². The molecule has 0 heterocycles. The summed E-state index contributed by atoms with van der Waals surface area (Å²) in [5.41, 5.74) is 3.44. The number of sulfonamides is 1. The molecular weight excluding hydrogens is 460 g/mol. The van der Waals surface area contributed by atoms with Crippen molar-refractivity contribution in [2.24, 2.45) is 0 Å². The Labute approximate surface area is 209 Å². The van der Waals surface area contributed by atoms with Crippen LogP contribution in [0.5, 0.6) is 5.75 Å². The maximum absolute atomic E-state index is 13.5. The molecule has 0 atom stereocenters. The molecule has 0 aliphatic heterocycles. The lowest BCUT2D eigenvalue weighted by molar-refractivity contribution is -0.119. The minimum absolute atomic E-state index is 0.108. The van der Waals surface area contributed by atoms with E-state index >= 15 is 0 Å². The van der Waals surface area contributed by atoms with Gasteiger partial charge in [0, 0.05) is 6.54 Å².